The Morgan fingerprint density at radius 2 is 1.69 bits per heavy atom. The van der Waals surface area contributed by atoms with Crippen molar-refractivity contribution in [1.82, 2.24) is 9.97 Å². The number of aromatic nitrogens is 2. The molecular weight excluding hydrogens is 411 g/mol. The second-order valence-corrected chi connectivity index (χ2v) is 5.66. The molecule has 0 unspecified atom stereocenters. The van der Waals surface area contributed by atoms with Crippen LogP contribution in [0.25, 0.3) is 11.3 Å². The fraction of sp³-hybridized carbons (Fsp3) is 0.333. The lowest BCUT2D eigenvalue weighted by atomic mass is 10.1. The zero-order chi connectivity index (χ0) is 19.9. The van der Waals surface area contributed by atoms with Crippen LogP contribution in [0.5, 0.6) is 5.75 Å². The third kappa shape index (κ3) is 6.01. The van der Waals surface area contributed by atoms with Crippen molar-refractivity contribution in [2.75, 3.05) is 11.9 Å². The van der Waals surface area contributed by atoms with Gasteiger partial charge in [0.05, 0.1) is 5.69 Å². The SMILES string of the molecule is C/C=C/N(C)c1nc(Br)nc(-c2ccc(OC(F)(F)F)cc2)c1C.CC. The number of hydrogen-bond acceptors (Lipinski definition) is 4. The second kappa shape index (κ2) is 9.56. The summed E-state index contributed by atoms with van der Waals surface area (Å²) in [7, 11) is 1.85. The molecule has 0 atom stereocenters. The van der Waals surface area contributed by atoms with Crippen LogP contribution in [-0.4, -0.2) is 23.4 Å². The molecule has 0 radical (unpaired) electrons. The van der Waals surface area contributed by atoms with Crippen molar-refractivity contribution in [2.45, 2.75) is 34.1 Å². The first kappa shape index (κ1) is 22.0. The summed E-state index contributed by atoms with van der Waals surface area (Å²) in [6, 6.07) is 5.58. The van der Waals surface area contributed by atoms with Crippen LogP contribution in [0.4, 0.5) is 19.0 Å². The van der Waals surface area contributed by atoms with E-state index in [9.17, 15) is 13.2 Å². The Labute approximate surface area is 159 Å². The fourth-order valence-corrected chi connectivity index (χ4v) is 2.56. The zero-order valence-corrected chi connectivity index (χ0v) is 16.8. The summed E-state index contributed by atoms with van der Waals surface area (Å²) < 4.78 is 41.0. The topological polar surface area (TPSA) is 38.2 Å². The van der Waals surface area contributed by atoms with Crippen LogP contribution >= 0.6 is 15.9 Å². The average Bonchev–Trinajstić information content (AvgIpc) is 2.58. The molecular formula is C18H21BrF3N3O. The van der Waals surface area contributed by atoms with Gasteiger partial charge in [-0.2, -0.15) is 0 Å². The summed E-state index contributed by atoms with van der Waals surface area (Å²) in [4.78, 5) is 10.5. The molecule has 4 nitrogen and oxygen atoms in total. The molecule has 0 aliphatic rings. The minimum absolute atomic E-state index is 0.275. The molecule has 2 rings (SSSR count). The number of alkyl halides is 3. The highest BCUT2D eigenvalue weighted by Crippen LogP contribution is 2.31. The third-order valence-electron chi connectivity index (χ3n) is 3.16. The van der Waals surface area contributed by atoms with Crippen molar-refractivity contribution >= 4 is 21.7 Å². The third-order valence-corrected chi connectivity index (χ3v) is 3.52. The molecule has 142 valence electrons. The lowest BCUT2D eigenvalue weighted by Crippen LogP contribution is -2.17. The molecule has 1 aromatic heterocycles. The molecule has 0 aliphatic carbocycles. The molecule has 0 spiro atoms. The summed E-state index contributed by atoms with van der Waals surface area (Å²) in [5.74, 6) is 0.420. The molecule has 1 heterocycles. The Morgan fingerprint density at radius 3 is 2.19 bits per heavy atom. The molecule has 2 aromatic rings. The lowest BCUT2D eigenvalue weighted by Gasteiger charge is -2.18. The number of hydrogen-bond donors (Lipinski definition) is 0. The predicted molar refractivity (Wildman–Crippen MR) is 101 cm³/mol. The Hall–Kier alpha value is -2.09. The Morgan fingerprint density at radius 1 is 1.12 bits per heavy atom. The molecule has 0 amide bonds. The first-order chi connectivity index (χ1) is 12.2. The van der Waals surface area contributed by atoms with Gasteiger partial charge in [0, 0.05) is 24.4 Å². The van der Waals surface area contributed by atoms with E-state index in [-0.39, 0.29) is 5.75 Å². The number of allylic oxidation sites excluding steroid dienone is 1. The summed E-state index contributed by atoms with van der Waals surface area (Å²) in [6.45, 7) is 7.75. The molecule has 0 N–H and O–H groups in total. The lowest BCUT2D eigenvalue weighted by molar-refractivity contribution is -0.274. The number of anilines is 1. The van der Waals surface area contributed by atoms with Gasteiger partial charge in [0.25, 0.3) is 0 Å². The summed E-state index contributed by atoms with van der Waals surface area (Å²) >= 11 is 3.27. The predicted octanol–water partition coefficient (Wildman–Crippen LogP) is 6.11. The number of rotatable bonds is 4. The van der Waals surface area contributed by atoms with Gasteiger partial charge < -0.3 is 9.64 Å². The van der Waals surface area contributed by atoms with Crippen LogP contribution in [0, 0.1) is 6.92 Å². The Balaban J connectivity index is 0.00000163. The highest BCUT2D eigenvalue weighted by molar-refractivity contribution is 9.10. The molecule has 1 aromatic carbocycles. The van der Waals surface area contributed by atoms with Crippen LogP contribution in [0.2, 0.25) is 0 Å². The van der Waals surface area contributed by atoms with Gasteiger partial charge in [0.1, 0.15) is 11.6 Å². The van der Waals surface area contributed by atoms with E-state index in [2.05, 4.69) is 30.6 Å². The summed E-state index contributed by atoms with van der Waals surface area (Å²) in [6.07, 6.45) is -0.984. The normalized spacial score (nSPS) is 11.1. The zero-order valence-electron chi connectivity index (χ0n) is 15.2. The van der Waals surface area contributed by atoms with Crippen molar-refractivity contribution in [3.8, 4) is 17.0 Å². The molecule has 0 saturated heterocycles. The van der Waals surface area contributed by atoms with Crippen LogP contribution < -0.4 is 9.64 Å². The van der Waals surface area contributed by atoms with E-state index < -0.39 is 6.36 Å². The maximum Gasteiger partial charge on any atom is 0.573 e. The Bertz CT molecular complexity index is 747. The van der Waals surface area contributed by atoms with Gasteiger partial charge in [-0.1, -0.05) is 19.9 Å². The summed E-state index contributed by atoms with van der Waals surface area (Å²) in [5.41, 5.74) is 2.10. The van der Waals surface area contributed by atoms with Crippen LogP contribution in [-0.2, 0) is 0 Å². The van der Waals surface area contributed by atoms with Crippen molar-refractivity contribution in [3.05, 3.63) is 46.8 Å². The maximum absolute atomic E-state index is 12.2. The highest BCUT2D eigenvalue weighted by Gasteiger charge is 2.31. The quantitative estimate of drug-likeness (QED) is 0.547. The van der Waals surface area contributed by atoms with Crippen molar-refractivity contribution < 1.29 is 17.9 Å². The monoisotopic (exact) mass is 431 g/mol. The minimum Gasteiger partial charge on any atom is -0.406 e. The van der Waals surface area contributed by atoms with E-state index in [4.69, 9.17) is 0 Å². The van der Waals surface area contributed by atoms with Crippen LogP contribution in [0.1, 0.15) is 26.3 Å². The van der Waals surface area contributed by atoms with E-state index in [1.54, 1.807) is 0 Å². The first-order valence-electron chi connectivity index (χ1n) is 7.97. The van der Waals surface area contributed by atoms with E-state index in [0.29, 0.717) is 21.8 Å². The average molecular weight is 432 g/mol. The second-order valence-electron chi connectivity index (χ2n) is 4.96. The fourth-order valence-electron chi connectivity index (χ4n) is 2.21. The van der Waals surface area contributed by atoms with Crippen LogP contribution in [0.15, 0.2) is 41.3 Å². The Kier molecular flexibility index (Phi) is 8.08. The first-order valence-corrected chi connectivity index (χ1v) is 8.76. The van der Waals surface area contributed by atoms with Crippen molar-refractivity contribution in [3.63, 3.8) is 0 Å². The highest BCUT2D eigenvalue weighted by atomic mass is 79.9. The van der Waals surface area contributed by atoms with Gasteiger partial charge in [-0.3, -0.25) is 0 Å². The van der Waals surface area contributed by atoms with Gasteiger partial charge in [0.15, 0.2) is 4.73 Å². The summed E-state index contributed by atoms with van der Waals surface area (Å²) in [5, 5.41) is 0. The van der Waals surface area contributed by atoms with Gasteiger partial charge in [0.2, 0.25) is 0 Å². The van der Waals surface area contributed by atoms with Crippen molar-refractivity contribution in [2.24, 2.45) is 0 Å². The number of ether oxygens (including phenoxy) is 1. The molecule has 0 fully saturated rings. The van der Waals surface area contributed by atoms with E-state index >= 15 is 0 Å². The van der Waals surface area contributed by atoms with Crippen LogP contribution in [0.3, 0.4) is 0 Å². The maximum atomic E-state index is 12.2. The van der Waals surface area contributed by atoms with Crippen molar-refractivity contribution in [1.29, 1.82) is 0 Å². The number of halogens is 4. The van der Waals surface area contributed by atoms with Gasteiger partial charge in [-0.25, -0.2) is 9.97 Å². The van der Waals surface area contributed by atoms with Gasteiger partial charge >= 0.3 is 6.36 Å². The van der Waals surface area contributed by atoms with E-state index in [1.165, 1.54) is 24.3 Å². The molecule has 26 heavy (non-hydrogen) atoms. The molecule has 8 heteroatoms. The van der Waals surface area contributed by atoms with Gasteiger partial charge in [-0.05, 0) is 54.0 Å². The largest absolute Gasteiger partial charge is 0.573 e. The molecule has 0 aliphatic heterocycles. The number of nitrogens with zero attached hydrogens (tertiary/aromatic N) is 3. The minimum atomic E-state index is -4.71. The van der Waals surface area contributed by atoms with E-state index in [0.717, 1.165) is 5.56 Å². The number of benzene rings is 1. The van der Waals surface area contributed by atoms with Gasteiger partial charge in [-0.15, -0.1) is 13.2 Å². The molecule has 0 bridgehead atoms. The smallest absolute Gasteiger partial charge is 0.406 e. The van der Waals surface area contributed by atoms with E-state index in [1.807, 2.05) is 51.9 Å². The standard InChI is InChI=1S/C16H15BrF3N3O.C2H6/c1-4-9-23(3)14-10(2)13(21-15(17)22-14)11-5-7-12(8-6-11)24-16(18,19)20;1-2/h4-9H,1-3H3;1-2H3/b9-4+;. The molecule has 0 saturated carbocycles.